The molecule has 5 heterocycles. The first-order valence-electron chi connectivity index (χ1n) is 9.13. The lowest BCUT2D eigenvalue weighted by Crippen LogP contribution is -2.46. The number of hydrogen-bond donors (Lipinski definition) is 0. The summed E-state index contributed by atoms with van der Waals surface area (Å²) in [6, 6.07) is 3.92. The van der Waals surface area contributed by atoms with Crippen molar-refractivity contribution in [3.8, 4) is 11.3 Å². The fourth-order valence-electron chi connectivity index (χ4n) is 4.38. The van der Waals surface area contributed by atoms with Gasteiger partial charge in [-0.3, -0.25) is 4.79 Å². The Morgan fingerprint density at radius 2 is 2.12 bits per heavy atom. The smallest absolute Gasteiger partial charge is 0.257 e. The summed E-state index contributed by atoms with van der Waals surface area (Å²) < 4.78 is 7.47. The Morgan fingerprint density at radius 3 is 2.85 bits per heavy atom. The second-order valence-corrected chi connectivity index (χ2v) is 8.24. The summed E-state index contributed by atoms with van der Waals surface area (Å²) in [6.45, 7) is 2.66. The van der Waals surface area contributed by atoms with Gasteiger partial charge in [0.1, 0.15) is 12.1 Å². The fourth-order valence-corrected chi connectivity index (χ4v) is 5.03. The third-order valence-corrected chi connectivity index (χ3v) is 6.69. The molecule has 5 nitrogen and oxygen atoms in total. The highest BCUT2D eigenvalue weighted by Gasteiger charge is 2.40. The van der Waals surface area contributed by atoms with Crippen LogP contribution in [0.2, 0.25) is 0 Å². The van der Waals surface area contributed by atoms with Crippen LogP contribution in [0.3, 0.4) is 0 Å². The normalized spacial score (nSPS) is 18.8. The van der Waals surface area contributed by atoms with Crippen molar-refractivity contribution in [2.45, 2.75) is 32.2 Å². The molecule has 6 heteroatoms. The van der Waals surface area contributed by atoms with E-state index in [1.807, 2.05) is 11.1 Å². The highest BCUT2D eigenvalue weighted by molar-refractivity contribution is 7.08. The number of aryl methyl sites for hydroxylation is 1. The third kappa shape index (κ3) is 2.60. The van der Waals surface area contributed by atoms with Gasteiger partial charge in [0.25, 0.3) is 5.91 Å². The number of carbonyl (C=O) groups excluding carboxylic acids is 1. The van der Waals surface area contributed by atoms with E-state index in [1.165, 1.54) is 29.8 Å². The average Bonchev–Trinajstić information content (AvgIpc) is 3.42. The van der Waals surface area contributed by atoms with Crippen molar-refractivity contribution < 1.29 is 9.21 Å². The number of aromatic nitrogens is 2. The highest BCUT2D eigenvalue weighted by Crippen LogP contribution is 2.42. The molecule has 0 radical (unpaired) electrons. The molecule has 3 aromatic rings. The minimum atomic E-state index is 0.0895. The molecule has 2 aliphatic heterocycles. The van der Waals surface area contributed by atoms with E-state index in [-0.39, 0.29) is 11.3 Å². The van der Waals surface area contributed by atoms with Crippen LogP contribution in [0.5, 0.6) is 0 Å². The minimum Gasteiger partial charge on any atom is -0.472 e. The van der Waals surface area contributed by atoms with Gasteiger partial charge in [-0.15, -0.1) is 0 Å². The van der Waals surface area contributed by atoms with Crippen molar-refractivity contribution in [2.75, 3.05) is 13.1 Å². The Morgan fingerprint density at radius 1 is 1.23 bits per heavy atom. The van der Waals surface area contributed by atoms with Crippen LogP contribution in [0, 0.1) is 5.41 Å². The zero-order valence-electron chi connectivity index (χ0n) is 14.6. The van der Waals surface area contributed by atoms with Crippen LogP contribution in [0.4, 0.5) is 0 Å². The fraction of sp³-hybridized carbons (Fsp3) is 0.400. The molecule has 3 aromatic heterocycles. The summed E-state index contributed by atoms with van der Waals surface area (Å²) in [5.41, 5.74) is 3.43. The second-order valence-electron chi connectivity index (χ2n) is 7.46. The lowest BCUT2D eigenvalue weighted by atomic mass is 9.73. The molecule has 26 heavy (non-hydrogen) atoms. The molecule has 0 unspecified atom stereocenters. The van der Waals surface area contributed by atoms with Crippen LogP contribution in [0.1, 0.15) is 35.4 Å². The first-order chi connectivity index (χ1) is 12.7. The van der Waals surface area contributed by atoms with E-state index in [1.54, 1.807) is 23.7 Å². The molecular formula is C20H21N3O2S. The number of likely N-dealkylation sites (tertiary alicyclic amines) is 1. The van der Waals surface area contributed by atoms with Crippen molar-refractivity contribution in [3.05, 3.63) is 53.0 Å². The molecule has 0 saturated carbocycles. The van der Waals surface area contributed by atoms with Crippen molar-refractivity contribution in [2.24, 2.45) is 5.41 Å². The van der Waals surface area contributed by atoms with E-state index in [0.29, 0.717) is 5.56 Å². The summed E-state index contributed by atoms with van der Waals surface area (Å²) in [6.07, 6.45) is 9.42. The number of furan rings is 1. The van der Waals surface area contributed by atoms with Crippen LogP contribution < -0.4 is 0 Å². The van der Waals surface area contributed by atoms with Gasteiger partial charge in [-0.25, -0.2) is 4.98 Å². The molecule has 0 bridgehead atoms. The highest BCUT2D eigenvalue weighted by atomic mass is 32.1. The summed E-state index contributed by atoms with van der Waals surface area (Å²) >= 11 is 1.72. The van der Waals surface area contributed by atoms with Gasteiger partial charge in [0, 0.05) is 37.0 Å². The second kappa shape index (κ2) is 6.13. The molecule has 134 valence electrons. The number of rotatable bonds is 2. The Labute approximate surface area is 156 Å². The summed E-state index contributed by atoms with van der Waals surface area (Å²) in [5, 5.41) is 4.31. The number of nitrogens with zero attached hydrogens (tertiary/aromatic N) is 3. The van der Waals surface area contributed by atoms with Crippen molar-refractivity contribution >= 4 is 17.2 Å². The predicted molar refractivity (Wildman–Crippen MR) is 100 cm³/mol. The number of imidazole rings is 1. The molecule has 0 aromatic carbocycles. The maximum atomic E-state index is 12.6. The first kappa shape index (κ1) is 15.9. The first-order valence-corrected chi connectivity index (χ1v) is 10.1. The van der Waals surface area contributed by atoms with E-state index >= 15 is 0 Å². The van der Waals surface area contributed by atoms with Gasteiger partial charge in [0.05, 0.1) is 23.7 Å². The summed E-state index contributed by atoms with van der Waals surface area (Å²) in [4.78, 5) is 19.2. The van der Waals surface area contributed by atoms with Gasteiger partial charge in [-0.2, -0.15) is 11.3 Å². The quantitative estimate of drug-likeness (QED) is 0.686. The van der Waals surface area contributed by atoms with Crippen LogP contribution >= 0.6 is 11.3 Å². The number of piperidine rings is 1. The Hall–Kier alpha value is -2.34. The topological polar surface area (TPSA) is 51.3 Å². The Balaban J connectivity index is 1.34. The van der Waals surface area contributed by atoms with E-state index in [0.717, 1.165) is 38.9 Å². The molecule has 2 aliphatic rings. The van der Waals surface area contributed by atoms with E-state index in [9.17, 15) is 4.79 Å². The molecule has 0 N–H and O–H groups in total. The van der Waals surface area contributed by atoms with Crippen molar-refractivity contribution in [1.29, 1.82) is 0 Å². The number of hydrogen-bond acceptors (Lipinski definition) is 4. The largest absolute Gasteiger partial charge is 0.472 e. The molecular weight excluding hydrogens is 346 g/mol. The SMILES string of the molecule is O=C(c1ccoc1)N1CCC2(CCc3ncc(-c4ccsc4)n3C2)CC1. The monoisotopic (exact) mass is 367 g/mol. The van der Waals surface area contributed by atoms with Crippen molar-refractivity contribution in [3.63, 3.8) is 0 Å². The number of amides is 1. The van der Waals surface area contributed by atoms with E-state index in [4.69, 9.17) is 4.42 Å². The molecule has 0 atom stereocenters. The van der Waals surface area contributed by atoms with Gasteiger partial charge < -0.3 is 13.9 Å². The third-order valence-electron chi connectivity index (χ3n) is 6.01. The zero-order valence-corrected chi connectivity index (χ0v) is 15.4. The van der Waals surface area contributed by atoms with Gasteiger partial charge in [0.15, 0.2) is 0 Å². The standard InChI is InChI=1S/C20H21N3O2S/c24-19(15-2-9-25-12-15)22-7-5-20(6-8-22)4-1-18-21-11-17(23(18)14-20)16-3-10-26-13-16/h2-3,9-13H,1,4-8,14H2. The number of fused-ring (bicyclic) bond motifs is 1. The van der Waals surface area contributed by atoms with Gasteiger partial charge in [-0.05, 0) is 42.2 Å². The van der Waals surface area contributed by atoms with E-state index in [2.05, 4.69) is 26.4 Å². The van der Waals surface area contributed by atoms with Crippen LogP contribution in [0.15, 0.2) is 46.0 Å². The number of thiophene rings is 1. The van der Waals surface area contributed by atoms with Crippen LogP contribution in [-0.2, 0) is 13.0 Å². The molecule has 1 amide bonds. The maximum absolute atomic E-state index is 12.6. The molecule has 5 rings (SSSR count). The van der Waals surface area contributed by atoms with Crippen molar-refractivity contribution in [1.82, 2.24) is 14.5 Å². The van der Waals surface area contributed by atoms with Gasteiger partial charge >= 0.3 is 0 Å². The zero-order chi connectivity index (χ0) is 17.6. The predicted octanol–water partition coefficient (Wildman–Crippen LogP) is 4.07. The Kier molecular flexibility index (Phi) is 3.74. The molecule has 1 fully saturated rings. The maximum Gasteiger partial charge on any atom is 0.257 e. The molecule has 0 aliphatic carbocycles. The summed E-state index contributed by atoms with van der Waals surface area (Å²) in [7, 11) is 0. The lowest BCUT2D eigenvalue weighted by molar-refractivity contribution is 0.0471. The van der Waals surface area contributed by atoms with Gasteiger partial charge in [0.2, 0.25) is 0 Å². The molecule has 1 saturated heterocycles. The summed E-state index contributed by atoms with van der Waals surface area (Å²) in [5.74, 6) is 1.29. The average molecular weight is 367 g/mol. The number of carbonyl (C=O) groups is 1. The van der Waals surface area contributed by atoms with E-state index < -0.39 is 0 Å². The van der Waals surface area contributed by atoms with Crippen LogP contribution in [-0.4, -0.2) is 33.4 Å². The van der Waals surface area contributed by atoms with Gasteiger partial charge in [-0.1, -0.05) is 0 Å². The van der Waals surface area contributed by atoms with Crippen LogP contribution in [0.25, 0.3) is 11.3 Å². The minimum absolute atomic E-state index is 0.0895. The lowest BCUT2D eigenvalue weighted by Gasteiger charge is -2.44. The Bertz CT molecular complexity index is 903. The molecule has 1 spiro atoms.